The highest BCUT2D eigenvalue weighted by Gasteiger charge is 2.27. The lowest BCUT2D eigenvalue weighted by Crippen LogP contribution is -2.35. The van der Waals surface area contributed by atoms with Gasteiger partial charge < -0.3 is 5.73 Å². The second-order valence-corrected chi connectivity index (χ2v) is 4.33. The SMILES string of the molecule is CC(N)(c1ccc(F)cc1)c1ccc(F)cc1F. The second-order valence-electron chi connectivity index (χ2n) is 4.33. The molecule has 0 fully saturated rings. The third kappa shape index (κ3) is 2.24. The van der Waals surface area contributed by atoms with Crippen molar-refractivity contribution in [2.45, 2.75) is 12.5 Å². The Hall–Kier alpha value is -1.81. The van der Waals surface area contributed by atoms with Crippen molar-refractivity contribution in [2.75, 3.05) is 0 Å². The Morgan fingerprint density at radius 3 is 2.00 bits per heavy atom. The van der Waals surface area contributed by atoms with E-state index < -0.39 is 23.0 Å². The molecule has 0 aromatic heterocycles. The van der Waals surface area contributed by atoms with Crippen LogP contribution in [-0.2, 0) is 5.54 Å². The summed E-state index contributed by atoms with van der Waals surface area (Å²) in [5.74, 6) is -1.77. The Bertz CT molecular complexity index is 562. The van der Waals surface area contributed by atoms with Crippen LogP contribution in [0.3, 0.4) is 0 Å². The quantitative estimate of drug-likeness (QED) is 0.870. The van der Waals surface area contributed by atoms with Crippen LogP contribution in [0.2, 0.25) is 0 Å². The molecule has 0 saturated heterocycles. The summed E-state index contributed by atoms with van der Waals surface area (Å²) in [5.41, 5.74) is 5.64. The lowest BCUT2D eigenvalue weighted by atomic mass is 9.85. The first-order chi connectivity index (χ1) is 8.41. The summed E-state index contributed by atoms with van der Waals surface area (Å²) in [7, 11) is 0. The molecule has 18 heavy (non-hydrogen) atoms. The largest absolute Gasteiger partial charge is 0.318 e. The molecule has 1 unspecified atom stereocenters. The van der Waals surface area contributed by atoms with Crippen molar-refractivity contribution in [3.63, 3.8) is 0 Å². The van der Waals surface area contributed by atoms with E-state index in [0.29, 0.717) is 5.56 Å². The first-order valence-electron chi connectivity index (χ1n) is 5.42. The van der Waals surface area contributed by atoms with Gasteiger partial charge in [-0.3, -0.25) is 0 Å². The van der Waals surface area contributed by atoms with Crippen molar-refractivity contribution in [3.05, 3.63) is 71.0 Å². The van der Waals surface area contributed by atoms with Crippen LogP contribution in [0.4, 0.5) is 13.2 Å². The molecule has 94 valence electrons. The van der Waals surface area contributed by atoms with Crippen LogP contribution >= 0.6 is 0 Å². The number of rotatable bonds is 2. The highest BCUT2D eigenvalue weighted by Crippen LogP contribution is 2.28. The molecule has 0 heterocycles. The lowest BCUT2D eigenvalue weighted by Gasteiger charge is -2.26. The lowest BCUT2D eigenvalue weighted by molar-refractivity contribution is 0.516. The van der Waals surface area contributed by atoms with Gasteiger partial charge in [-0.15, -0.1) is 0 Å². The summed E-state index contributed by atoms with van der Waals surface area (Å²) in [6.45, 7) is 1.59. The maximum Gasteiger partial charge on any atom is 0.131 e. The molecule has 0 bridgehead atoms. The Kier molecular flexibility index (Phi) is 3.13. The Morgan fingerprint density at radius 1 is 0.889 bits per heavy atom. The van der Waals surface area contributed by atoms with Gasteiger partial charge in [0, 0.05) is 11.6 Å². The van der Waals surface area contributed by atoms with Crippen LogP contribution in [0, 0.1) is 17.5 Å². The summed E-state index contributed by atoms with van der Waals surface area (Å²) < 4.78 is 39.4. The molecule has 1 atom stereocenters. The van der Waals surface area contributed by atoms with Crippen molar-refractivity contribution < 1.29 is 13.2 Å². The van der Waals surface area contributed by atoms with E-state index in [1.165, 1.54) is 30.3 Å². The van der Waals surface area contributed by atoms with Crippen molar-refractivity contribution in [3.8, 4) is 0 Å². The maximum absolute atomic E-state index is 13.7. The van der Waals surface area contributed by atoms with Gasteiger partial charge in [0.15, 0.2) is 0 Å². The van der Waals surface area contributed by atoms with Gasteiger partial charge in [-0.05, 0) is 30.7 Å². The minimum Gasteiger partial charge on any atom is -0.318 e. The summed E-state index contributed by atoms with van der Waals surface area (Å²) in [4.78, 5) is 0. The summed E-state index contributed by atoms with van der Waals surface area (Å²) >= 11 is 0. The Labute approximate surface area is 103 Å². The van der Waals surface area contributed by atoms with E-state index in [4.69, 9.17) is 5.73 Å². The molecule has 2 aromatic carbocycles. The summed E-state index contributed by atoms with van der Waals surface area (Å²) in [5, 5.41) is 0. The van der Waals surface area contributed by atoms with Gasteiger partial charge in [0.1, 0.15) is 17.5 Å². The van der Waals surface area contributed by atoms with E-state index in [1.54, 1.807) is 6.92 Å². The molecule has 0 aliphatic rings. The molecule has 4 heteroatoms. The number of nitrogens with two attached hydrogens (primary N) is 1. The minimum absolute atomic E-state index is 0.163. The van der Waals surface area contributed by atoms with Gasteiger partial charge in [0.25, 0.3) is 0 Å². The number of hydrogen-bond donors (Lipinski definition) is 1. The molecule has 0 amide bonds. The van der Waals surface area contributed by atoms with Gasteiger partial charge in [0.05, 0.1) is 5.54 Å². The van der Waals surface area contributed by atoms with Gasteiger partial charge in [0.2, 0.25) is 0 Å². The van der Waals surface area contributed by atoms with Crippen LogP contribution in [0.5, 0.6) is 0 Å². The van der Waals surface area contributed by atoms with Crippen LogP contribution in [0.25, 0.3) is 0 Å². The van der Waals surface area contributed by atoms with Crippen LogP contribution < -0.4 is 5.73 Å². The Morgan fingerprint density at radius 2 is 1.44 bits per heavy atom. The van der Waals surface area contributed by atoms with E-state index in [-0.39, 0.29) is 5.56 Å². The molecular formula is C14H12F3N. The predicted octanol–water partition coefficient (Wildman–Crippen LogP) is 3.33. The van der Waals surface area contributed by atoms with Gasteiger partial charge in [-0.25, -0.2) is 13.2 Å². The number of hydrogen-bond acceptors (Lipinski definition) is 1. The minimum atomic E-state index is -1.15. The standard InChI is InChI=1S/C14H12F3N/c1-14(18,9-2-4-10(15)5-3-9)12-7-6-11(16)8-13(12)17/h2-8H,18H2,1H3. The highest BCUT2D eigenvalue weighted by atomic mass is 19.1. The molecule has 1 nitrogen and oxygen atoms in total. The molecule has 2 rings (SSSR count). The third-order valence-corrected chi connectivity index (χ3v) is 2.93. The third-order valence-electron chi connectivity index (χ3n) is 2.93. The van der Waals surface area contributed by atoms with Gasteiger partial charge in [-0.2, -0.15) is 0 Å². The first kappa shape index (κ1) is 12.6. The summed E-state index contributed by atoms with van der Waals surface area (Å²) in [6.07, 6.45) is 0. The zero-order valence-corrected chi connectivity index (χ0v) is 9.75. The van der Waals surface area contributed by atoms with E-state index in [0.717, 1.165) is 12.1 Å². The fourth-order valence-electron chi connectivity index (χ4n) is 1.86. The van der Waals surface area contributed by atoms with Crippen molar-refractivity contribution in [1.82, 2.24) is 0 Å². The van der Waals surface area contributed by atoms with Crippen molar-refractivity contribution in [1.29, 1.82) is 0 Å². The molecule has 2 N–H and O–H groups in total. The summed E-state index contributed by atoms with van der Waals surface area (Å²) in [6, 6.07) is 8.70. The molecule has 2 aromatic rings. The average molecular weight is 251 g/mol. The van der Waals surface area contributed by atoms with Crippen LogP contribution in [-0.4, -0.2) is 0 Å². The smallest absolute Gasteiger partial charge is 0.131 e. The van der Waals surface area contributed by atoms with E-state index in [2.05, 4.69) is 0 Å². The molecule has 0 saturated carbocycles. The molecule has 0 aliphatic heterocycles. The number of benzene rings is 2. The normalized spacial score (nSPS) is 14.3. The highest BCUT2D eigenvalue weighted by molar-refractivity contribution is 5.37. The molecule has 0 aliphatic carbocycles. The van der Waals surface area contributed by atoms with Crippen LogP contribution in [0.1, 0.15) is 18.1 Å². The number of halogens is 3. The fourth-order valence-corrected chi connectivity index (χ4v) is 1.86. The fraction of sp³-hybridized carbons (Fsp3) is 0.143. The van der Waals surface area contributed by atoms with E-state index >= 15 is 0 Å². The monoisotopic (exact) mass is 251 g/mol. The maximum atomic E-state index is 13.7. The van der Waals surface area contributed by atoms with Gasteiger partial charge >= 0.3 is 0 Å². The van der Waals surface area contributed by atoms with Crippen LogP contribution in [0.15, 0.2) is 42.5 Å². The molecular weight excluding hydrogens is 239 g/mol. The van der Waals surface area contributed by atoms with E-state index in [1.807, 2.05) is 0 Å². The van der Waals surface area contributed by atoms with Crippen molar-refractivity contribution >= 4 is 0 Å². The second kappa shape index (κ2) is 4.46. The average Bonchev–Trinajstić information content (AvgIpc) is 2.29. The topological polar surface area (TPSA) is 26.0 Å². The molecule has 0 spiro atoms. The van der Waals surface area contributed by atoms with E-state index in [9.17, 15) is 13.2 Å². The van der Waals surface area contributed by atoms with Crippen molar-refractivity contribution in [2.24, 2.45) is 5.73 Å². The van der Waals surface area contributed by atoms with Gasteiger partial charge in [-0.1, -0.05) is 18.2 Å². The zero-order chi connectivity index (χ0) is 13.3. The molecule has 0 radical (unpaired) electrons. The zero-order valence-electron chi connectivity index (χ0n) is 9.75. The predicted molar refractivity (Wildman–Crippen MR) is 63.4 cm³/mol. The Balaban J connectivity index is 2.50. The first-order valence-corrected chi connectivity index (χ1v) is 5.42.